The summed E-state index contributed by atoms with van der Waals surface area (Å²) >= 11 is 0. The molecule has 2 N–H and O–H groups in total. The summed E-state index contributed by atoms with van der Waals surface area (Å²) in [5.41, 5.74) is 0.829. The van der Waals surface area contributed by atoms with E-state index in [0.717, 1.165) is 0 Å². The lowest BCUT2D eigenvalue weighted by Crippen LogP contribution is -2.13. The van der Waals surface area contributed by atoms with Crippen molar-refractivity contribution >= 4 is 21.5 Å². The van der Waals surface area contributed by atoms with Crippen molar-refractivity contribution in [2.24, 2.45) is 0 Å². The van der Waals surface area contributed by atoms with Crippen molar-refractivity contribution in [3.63, 3.8) is 0 Å². The third kappa shape index (κ3) is 1.35. The monoisotopic (exact) mass is 242 g/mol. The molecule has 3 rings (SSSR count). The summed E-state index contributed by atoms with van der Waals surface area (Å²) in [6.45, 7) is 3.57. The van der Waals surface area contributed by atoms with Crippen LogP contribution < -0.4 is 11.1 Å². The molecule has 0 saturated heterocycles. The molecular weight excluding hydrogens is 232 g/mol. The molecule has 2 aromatic heterocycles. The second-order valence-corrected chi connectivity index (χ2v) is 4.22. The number of benzene rings is 1. The summed E-state index contributed by atoms with van der Waals surface area (Å²) in [6, 6.07) is 3.38. The Bertz CT molecular complexity index is 817. The molecule has 6 nitrogen and oxygen atoms in total. The molecule has 0 saturated carbocycles. The smallest absolute Gasteiger partial charge is 0.267 e. The Morgan fingerprint density at radius 3 is 1.56 bits per heavy atom. The number of aromatic nitrogens is 4. The molecule has 3 aromatic rings. The van der Waals surface area contributed by atoms with Crippen LogP contribution in [-0.4, -0.2) is 20.4 Å². The highest BCUT2D eigenvalue weighted by molar-refractivity contribution is 5.98. The molecular formula is C12H10N4O2. The summed E-state index contributed by atoms with van der Waals surface area (Å²) in [5.74, 6) is 0. The lowest BCUT2D eigenvalue weighted by atomic mass is 10.0. The molecule has 18 heavy (non-hydrogen) atoms. The fourth-order valence-electron chi connectivity index (χ4n) is 2.08. The molecule has 0 aliphatic heterocycles. The average Bonchev–Trinajstić information content (AvgIpc) is 2.37. The molecule has 0 fully saturated rings. The van der Waals surface area contributed by atoms with E-state index in [0.29, 0.717) is 32.9 Å². The predicted molar refractivity (Wildman–Crippen MR) is 67.8 cm³/mol. The minimum atomic E-state index is -0.266. The van der Waals surface area contributed by atoms with Crippen LogP contribution in [0.5, 0.6) is 0 Å². The maximum absolute atomic E-state index is 11.7. The van der Waals surface area contributed by atoms with Crippen LogP contribution in [0.15, 0.2) is 21.7 Å². The van der Waals surface area contributed by atoms with Crippen molar-refractivity contribution in [3.05, 3.63) is 44.2 Å². The second-order valence-electron chi connectivity index (χ2n) is 4.22. The Balaban J connectivity index is 2.68. The van der Waals surface area contributed by atoms with Crippen LogP contribution >= 0.6 is 0 Å². The lowest BCUT2D eigenvalue weighted by molar-refractivity contribution is 0.964. The van der Waals surface area contributed by atoms with Gasteiger partial charge >= 0.3 is 0 Å². The number of aromatic amines is 2. The Hall–Kier alpha value is -2.50. The third-order valence-electron chi connectivity index (χ3n) is 3.08. The zero-order valence-corrected chi connectivity index (χ0v) is 9.87. The highest BCUT2D eigenvalue weighted by atomic mass is 16.1. The highest BCUT2D eigenvalue weighted by Gasteiger charge is 2.09. The first kappa shape index (κ1) is 10.6. The van der Waals surface area contributed by atoms with Gasteiger partial charge < -0.3 is 0 Å². The van der Waals surface area contributed by atoms with Gasteiger partial charge in [0.05, 0.1) is 22.2 Å². The van der Waals surface area contributed by atoms with Crippen molar-refractivity contribution in [2.75, 3.05) is 0 Å². The van der Waals surface area contributed by atoms with E-state index in [4.69, 9.17) is 0 Å². The van der Waals surface area contributed by atoms with Gasteiger partial charge in [-0.25, -0.2) is 10.2 Å². The molecule has 0 unspecified atom stereocenters. The number of nitrogens with zero attached hydrogens (tertiary/aromatic N) is 2. The molecule has 2 heterocycles. The molecule has 0 aliphatic rings. The van der Waals surface area contributed by atoms with E-state index in [1.54, 1.807) is 26.0 Å². The Morgan fingerprint density at radius 2 is 1.17 bits per heavy atom. The van der Waals surface area contributed by atoms with Crippen molar-refractivity contribution in [1.29, 1.82) is 0 Å². The number of H-pyrrole nitrogens is 2. The van der Waals surface area contributed by atoms with E-state index in [-0.39, 0.29) is 11.1 Å². The quantitative estimate of drug-likeness (QED) is 0.570. The van der Waals surface area contributed by atoms with E-state index in [9.17, 15) is 9.59 Å². The number of hydrogen-bond donors (Lipinski definition) is 2. The van der Waals surface area contributed by atoms with E-state index in [1.165, 1.54) is 0 Å². The zero-order valence-electron chi connectivity index (χ0n) is 9.87. The molecule has 0 radical (unpaired) electrons. The molecule has 0 amide bonds. The van der Waals surface area contributed by atoms with Crippen LogP contribution in [0.2, 0.25) is 0 Å². The third-order valence-corrected chi connectivity index (χ3v) is 3.08. The largest absolute Gasteiger partial charge is 0.272 e. The number of rotatable bonds is 0. The maximum atomic E-state index is 11.7. The highest BCUT2D eigenvalue weighted by Crippen LogP contribution is 2.20. The van der Waals surface area contributed by atoms with Crippen molar-refractivity contribution in [1.82, 2.24) is 20.4 Å². The Morgan fingerprint density at radius 1 is 0.778 bits per heavy atom. The van der Waals surface area contributed by atoms with E-state index >= 15 is 0 Å². The minimum absolute atomic E-state index is 0.266. The molecule has 0 aliphatic carbocycles. The van der Waals surface area contributed by atoms with Crippen LogP contribution in [0.1, 0.15) is 11.4 Å². The van der Waals surface area contributed by atoms with Crippen LogP contribution in [0, 0.1) is 13.8 Å². The second kappa shape index (κ2) is 3.49. The first-order valence-electron chi connectivity index (χ1n) is 5.46. The van der Waals surface area contributed by atoms with Gasteiger partial charge in [0.1, 0.15) is 0 Å². The van der Waals surface area contributed by atoms with Gasteiger partial charge in [0.2, 0.25) is 0 Å². The number of hydrogen-bond acceptors (Lipinski definition) is 4. The fourth-order valence-corrected chi connectivity index (χ4v) is 2.08. The van der Waals surface area contributed by atoms with E-state index in [2.05, 4.69) is 20.4 Å². The molecule has 1 aromatic carbocycles. The fraction of sp³-hybridized carbons (Fsp3) is 0.167. The van der Waals surface area contributed by atoms with E-state index in [1.807, 2.05) is 0 Å². The minimum Gasteiger partial charge on any atom is -0.267 e. The van der Waals surface area contributed by atoms with Crippen molar-refractivity contribution < 1.29 is 0 Å². The first-order chi connectivity index (χ1) is 8.58. The molecule has 0 bridgehead atoms. The summed E-state index contributed by atoms with van der Waals surface area (Å²) < 4.78 is 0. The summed E-state index contributed by atoms with van der Waals surface area (Å²) in [4.78, 5) is 23.5. The van der Waals surface area contributed by atoms with Crippen LogP contribution in [0.4, 0.5) is 0 Å². The topological polar surface area (TPSA) is 91.5 Å². The van der Waals surface area contributed by atoms with Gasteiger partial charge in [0.15, 0.2) is 0 Å². The standard InChI is InChI=1S/C12H10N4O2/c1-5-7-3-10-8(6(2)14-16-12(10)18)4-9(7)11(17)15-13-5/h3-4H,1-2H3,(H,15,17)(H,16,18). The van der Waals surface area contributed by atoms with Crippen molar-refractivity contribution in [3.8, 4) is 0 Å². The van der Waals surface area contributed by atoms with Gasteiger partial charge in [-0.15, -0.1) is 0 Å². The summed E-state index contributed by atoms with van der Waals surface area (Å²) in [6.07, 6.45) is 0. The SMILES string of the molecule is Cc1n[nH]c(=O)c2cc3c(C)n[nH]c(=O)c3cc12. The van der Waals surface area contributed by atoms with Gasteiger partial charge in [-0.3, -0.25) is 9.59 Å². The number of fused-ring (bicyclic) bond motifs is 2. The number of aryl methyl sites for hydroxylation is 2. The molecule has 0 spiro atoms. The summed E-state index contributed by atoms with van der Waals surface area (Å²) in [5, 5.41) is 15.1. The summed E-state index contributed by atoms with van der Waals surface area (Å²) in [7, 11) is 0. The maximum Gasteiger partial charge on any atom is 0.272 e. The normalized spacial score (nSPS) is 11.2. The molecule has 90 valence electrons. The Labute approximate surface area is 101 Å². The Kier molecular flexibility index (Phi) is 2.07. The molecule has 0 atom stereocenters. The van der Waals surface area contributed by atoms with Gasteiger partial charge in [0, 0.05) is 10.8 Å². The first-order valence-corrected chi connectivity index (χ1v) is 5.46. The van der Waals surface area contributed by atoms with Crippen LogP contribution in [0.25, 0.3) is 21.5 Å². The van der Waals surface area contributed by atoms with Gasteiger partial charge in [-0.05, 0) is 26.0 Å². The van der Waals surface area contributed by atoms with Crippen LogP contribution in [0.3, 0.4) is 0 Å². The molecule has 6 heteroatoms. The lowest BCUT2D eigenvalue weighted by Gasteiger charge is -2.04. The van der Waals surface area contributed by atoms with Gasteiger partial charge in [0.25, 0.3) is 11.1 Å². The van der Waals surface area contributed by atoms with Gasteiger partial charge in [-0.2, -0.15) is 10.2 Å². The average molecular weight is 242 g/mol. The predicted octanol–water partition coefficient (Wildman–Crippen LogP) is 0.776. The number of nitrogens with one attached hydrogen (secondary N) is 2. The van der Waals surface area contributed by atoms with Crippen LogP contribution in [-0.2, 0) is 0 Å². The zero-order chi connectivity index (χ0) is 12.9. The van der Waals surface area contributed by atoms with E-state index < -0.39 is 0 Å². The van der Waals surface area contributed by atoms with Crippen molar-refractivity contribution in [2.45, 2.75) is 13.8 Å². The van der Waals surface area contributed by atoms with Gasteiger partial charge in [-0.1, -0.05) is 0 Å².